The molecular formula is C21H28N2O7. The lowest BCUT2D eigenvalue weighted by Gasteiger charge is -2.34. The summed E-state index contributed by atoms with van der Waals surface area (Å²) in [6, 6.07) is 2.56. The number of esters is 1. The molecule has 1 aromatic carbocycles. The molecule has 2 atom stereocenters. The van der Waals surface area contributed by atoms with Crippen LogP contribution in [-0.4, -0.2) is 69.8 Å². The monoisotopic (exact) mass is 420 g/mol. The summed E-state index contributed by atoms with van der Waals surface area (Å²) in [6.45, 7) is 3.16. The number of ether oxygens (including phenoxy) is 4. The molecule has 0 N–H and O–H groups in total. The second-order valence-electron chi connectivity index (χ2n) is 7.26. The molecule has 0 bridgehead atoms. The Morgan fingerprint density at radius 3 is 2.33 bits per heavy atom. The van der Waals surface area contributed by atoms with Crippen LogP contribution in [0.1, 0.15) is 26.2 Å². The minimum absolute atomic E-state index is 0.0606. The number of likely N-dealkylation sites (tertiary alicyclic amines) is 1. The smallest absolute Gasteiger partial charge is 0.310 e. The molecule has 9 heteroatoms. The van der Waals surface area contributed by atoms with E-state index in [-0.39, 0.29) is 30.1 Å². The second-order valence-corrected chi connectivity index (χ2v) is 7.26. The molecule has 9 nitrogen and oxygen atoms in total. The summed E-state index contributed by atoms with van der Waals surface area (Å²) < 4.78 is 21.1. The van der Waals surface area contributed by atoms with Crippen molar-refractivity contribution in [2.45, 2.75) is 32.2 Å². The average Bonchev–Trinajstić information content (AvgIpc) is 3.06. The van der Waals surface area contributed by atoms with Crippen molar-refractivity contribution in [3.8, 4) is 17.2 Å². The maximum Gasteiger partial charge on any atom is 0.310 e. The second kappa shape index (κ2) is 9.34. The van der Waals surface area contributed by atoms with Gasteiger partial charge in [-0.25, -0.2) is 4.90 Å². The SMILES string of the molecule is CCOC(=O)[C@H]1CCCN([C@@H]2CC(=O)N(c3cc(OC)c(OC)c(OC)c3)C2=O)C1. The van der Waals surface area contributed by atoms with Crippen LogP contribution in [0.15, 0.2) is 12.1 Å². The number of methoxy groups -OCH3 is 3. The first-order valence-corrected chi connectivity index (χ1v) is 10.0. The predicted octanol–water partition coefficient (Wildman–Crippen LogP) is 1.62. The molecule has 2 aliphatic heterocycles. The van der Waals surface area contributed by atoms with Crippen LogP contribution in [0, 0.1) is 5.92 Å². The van der Waals surface area contributed by atoms with Crippen molar-refractivity contribution in [2.24, 2.45) is 5.92 Å². The largest absolute Gasteiger partial charge is 0.493 e. The Hall–Kier alpha value is -2.81. The molecule has 2 heterocycles. The molecule has 164 valence electrons. The first-order chi connectivity index (χ1) is 14.4. The standard InChI is InChI=1S/C21H28N2O7/c1-5-30-21(26)13-7-6-8-22(12-13)15-11-18(24)23(20(15)25)14-9-16(27-2)19(29-4)17(10-14)28-3/h9-10,13,15H,5-8,11-12H2,1-4H3/t13-,15+/m0/s1. The van der Waals surface area contributed by atoms with Gasteiger partial charge in [0.2, 0.25) is 11.7 Å². The highest BCUT2D eigenvalue weighted by molar-refractivity contribution is 6.22. The van der Waals surface area contributed by atoms with Gasteiger partial charge in [-0.2, -0.15) is 0 Å². The molecule has 1 aromatic rings. The van der Waals surface area contributed by atoms with Crippen LogP contribution in [-0.2, 0) is 19.1 Å². The lowest BCUT2D eigenvalue weighted by Crippen LogP contribution is -2.48. The van der Waals surface area contributed by atoms with Crippen molar-refractivity contribution < 1.29 is 33.3 Å². The number of carbonyl (C=O) groups is 3. The fraction of sp³-hybridized carbons (Fsp3) is 0.571. The van der Waals surface area contributed by atoms with E-state index in [2.05, 4.69) is 0 Å². The molecule has 2 aliphatic rings. The molecule has 0 saturated carbocycles. The van der Waals surface area contributed by atoms with Gasteiger partial charge in [0.25, 0.3) is 5.91 Å². The third kappa shape index (κ3) is 4.07. The Balaban J connectivity index is 1.84. The summed E-state index contributed by atoms with van der Waals surface area (Å²) >= 11 is 0. The van der Waals surface area contributed by atoms with Crippen molar-refractivity contribution >= 4 is 23.5 Å². The molecule has 0 spiro atoms. The number of amides is 2. The lowest BCUT2D eigenvalue weighted by molar-refractivity contribution is -0.150. The quantitative estimate of drug-likeness (QED) is 0.485. The maximum atomic E-state index is 13.2. The Kier molecular flexibility index (Phi) is 6.81. The van der Waals surface area contributed by atoms with Gasteiger partial charge in [0.15, 0.2) is 11.5 Å². The molecule has 2 saturated heterocycles. The van der Waals surface area contributed by atoms with Crippen LogP contribution < -0.4 is 19.1 Å². The van der Waals surface area contributed by atoms with E-state index < -0.39 is 6.04 Å². The van der Waals surface area contributed by atoms with Crippen molar-refractivity contribution in [3.05, 3.63) is 12.1 Å². The third-order valence-electron chi connectivity index (χ3n) is 5.54. The first-order valence-electron chi connectivity index (χ1n) is 10.0. The summed E-state index contributed by atoms with van der Waals surface area (Å²) in [5, 5.41) is 0. The number of hydrogen-bond donors (Lipinski definition) is 0. The molecule has 30 heavy (non-hydrogen) atoms. The van der Waals surface area contributed by atoms with Crippen LogP contribution in [0.25, 0.3) is 0 Å². The first kappa shape index (κ1) is 21.9. The normalized spacial score (nSPS) is 22.2. The van der Waals surface area contributed by atoms with Crippen molar-refractivity contribution in [2.75, 3.05) is 45.9 Å². The summed E-state index contributed by atoms with van der Waals surface area (Å²) in [4.78, 5) is 41.2. The van der Waals surface area contributed by atoms with Crippen molar-refractivity contribution in [1.82, 2.24) is 4.90 Å². The van der Waals surface area contributed by atoms with Crippen molar-refractivity contribution in [3.63, 3.8) is 0 Å². The number of imide groups is 1. The molecule has 2 fully saturated rings. The van der Waals surface area contributed by atoms with Gasteiger partial charge < -0.3 is 18.9 Å². The zero-order chi connectivity index (χ0) is 21.8. The van der Waals surface area contributed by atoms with E-state index >= 15 is 0 Å². The highest BCUT2D eigenvalue weighted by atomic mass is 16.5. The summed E-state index contributed by atoms with van der Waals surface area (Å²) in [5.41, 5.74) is 0.362. The van der Waals surface area contributed by atoms with E-state index in [0.717, 1.165) is 17.7 Å². The maximum absolute atomic E-state index is 13.2. The fourth-order valence-corrected chi connectivity index (χ4v) is 4.11. The highest BCUT2D eigenvalue weighted by Gasteiger charge is 2.45. The highest BCUT2D eigenvalue weighted by Crippen LogP contribution is 2.42. The Labute approximate surface area is 175 Å². The topological polar surface area (TPSA) is 94.6 Å². The number of benzene rings is 1. The predicted molar refractivity (Wildman–Crippen MR) is 108 cm³/mol. The zero-order valence-electron chi connectivity index (χ0n) is 17.8. The van der Waals surface area contributed by atoms with Gasteiger partial charge in [0.05, 0.1) is 52.0 Å². The molecular weight excluding hydrogens is 392 g/mol. The Bertz CT molecular complexity index is 801. The van der Waals surface area contributed by atoms with Crippen LogP contribution in [0.4, 0.5) is 5.69 Å². The number of rotatable bonds is 7. The number of anilines is 1. The molecule has 0 unspecified atom stereocenters. The van der Waals surface area contributed by atoms with E-state index in [0.29, 0.717) is 42.6 Å². The lowest BCUT2D eigenvalue weighted by atomic mass is 9.96. The molecule has 0 aromatic heterocycles. The van der Waals surface area contributed by atoms with Crippen LogP contribution in [0.5, 0.6) is 17.2 Å². The minimum Gasteiger partial charge on any atom is -0.493 e. The van der Waals surface area contributed by atoms with E-state index in [9.17, 15) is 14.4 Å². The van der Waals surface area contributed by atoms with Gasteiger partial charge in [-0.3, -0.25) is 19.3 Å². The van der Waals surface area contributed by atoms with Crippen LogP contribution in [0.2, 0.25) is 0 Å². The average molecular weight is 420 g/mol. The summed E-state index contributed by atoms with van der Waals surface area (Å²) in [7, 11) is 4.43. The third-order valence-corrected chi connectivity index (χ3v) is 5.54. The van der Waals surface area contributed by atoms with E-state index in [1.54, 1.807) is 19.1 Å². The van der Waals surface area contributed by atoms with Crippen molar-refractivity contribution in [1.29, 1.82) is 0 Å². The number of carbonyl (C=O) groups excluding carboxylic acids is 3. The molecule has 3 rings (SSSR count). The van der Waals surface area contributed by atoms with Gasteiger partial charge in [0, 0.05) is 18.7 Å². The Morgan fingerprint density at radius 1 is 1.10 bits per heavy atom. The summed E-state index contributed by atoms with van der Waals surface area (Å²) in [6.07, 6.45) is 1.55. The Morgan fingerprint density at radius 2 is 1.77 bits per heavy atom. The van der Waals surface area contributed by atoms with E-state index in [1.807, 2.05) is 4.90 Å². The van der Waals surface area contributed by atoms with Crippen LogP contribution >= 0.6 is 0 Å². The summed E-state index contributed by atoms with van der Waals surface area (Å²) in [5.74, 6) is -0.0613. The van der Waals surface area contributed by atoms with Gasteiger partial charge in [-0.1, -0.05) is 0 Å². The van der Waals surface area contributed by atoms with Crippen LogP contribution in [0.3, 0.4) is 0 Å². The van der Waals surface area contributed by atoms with Gasteiger partial charge in [-0.05, 0) is 26.3 Å². The molecule has 2 amide bonds. The zero-order valence-corrected chi connectivity index (χ0v) is 17.8. The van der Waals surface area contributed by atoms with E-state index in [4.69, 9.17) is 18.9 Å². The molecule has 0 aliphatic carbocycles. The van der Waals surface area contributed by atoms with Gasteiger partial charge >= 0.3 is 5.97 Å². The minimum atomic E-state index is -0.603. The van der Waals surface area contributed by atoms with Gasteiger partial charge in [-0.15, -0.1) is 0 Å². The number of nitrogens with zero attached hydrogens (tertiary/aromatic N) is 2. The van der Waals surface area contributed by atoms with E-state index in [1.165, 1.54) is 21.3 Å². The fourth-order valence-electron chi connectivity index (χ4n) is 4.11. The number of piperidine rings is 1. The molecule has 0 radical (unpaired) electrons. The van der Waals surface area contributed by atoms with Gasteiger partial charge in [0.1, 0.15) is 0 Å². The number of hydrogen-bond acceptors (Lipinski definition) is 8.